The smallest absolute Gasteiger partial charge is 0.334 e. The molecular formula is C17H18BrClN2O4. The fraction of sp³-hybridized carbons (Fsp3) is 0.471. The van der Waals surface area contributed by atoms with E-state index in [-0.39, 0.29) is 19.2 Å². The maximum absolute atomic E-state index is 12.5. The second-order valence-electron chi connectivity index (χ2n) is 6.13. The Balaban J connectivity index is 1.61. The molecule has 0 bridgehead atoms. The first-order chi connectivity index (χ1) is 12.0. The zero-order valence-electron chi connectivity index (χ0n) is 13.5. The van der Waals surface area contributed by atoms with Crippen LogP contribution in [0.3, 0.4) is 0 Å². The molecule has 3 rings (SSSR count). The molecule has 8 heteroatoms. The zero-order valence-corrected chi connectivity index (χ0v) is 15.9. The number of urea groups is 1. The van der Waals surface area contributed by atoms with Crippen LogP contribution in [0.2, 0.25) is 5.02 Å². The van der Waals surface area contributed by atoms with Crippen molar-refractivity contribution in [1.29, 1.82) is 0 Å². The minimum absolute atomic E-state index is 0.0295. The van der Waals surface area contributed by atoms with Gasteiger partial charge < -0.3 is 4.74 Å². The number of nitrogens with zero attached hydrogens (tertiary/aromatic N) is 2. The van der Waals surface area contributed by atoms with E-state index in [9.17, 15) is 14.4 Å². The van der Waals surface area contributed by atoms with Gasteiger partial charge in [0.25, 0.3) is 0 Å². The highest BCUT2D eigenvalue weighted by molar-refractivity contribution is 9.10. The van der Waals surface area contributed by atoms with E-state index in [2.05, 4.69) is 15.9 Å². The number of carbonyl (C=O) groups excluding carboxylic acids is 3. The van der Waals surface area contributed by atoms with Crippen molar-refractivity contribution in [3.8, 4) is 5.75 Å². The largest absolute Gasteiger partial charge is 0.491 e. The average molecular weight is 430 g/mol. The maximum atomic E-state index is 12.5. The molecule has 1 aliphatic heterocycles. The third kappa shape index (κ3) is 3.82. The van der Waals surface area contributed by atoms with E-state index in [1.54, 1.807) is 18.2 Å². The van der Waals surface area contributed by atoms with Gasteiger partial charge in [0.1, 0.15) is 12.4 Å². The molecular weight excluding hydrogens is 412 g/mol. The molecule has 1 saturated carbocycles. The molecule has 2 fully saturated rings. The summed E-state index contributed by atoms with van der Waals surface area (Å²) in [4.78, 5) is 39.0. The van der Waals surface area contributed by atoms with Crippen molar-refractivity contribution >= 4 is 45.4 Å². The normalized spacial score (nSPS) is 19.0. The van der Waals surface area contributed by atoms with Gasteiger partial charge in [-0.2, -0.15) is 0 Å². The zero-order chi connectivity index (χ0) is 18.0. The van der Waals surface area contributed by atoms with Crippen molar-refractivity contribution in [2.45, 2.75) is 38.1 Å². The summed E-state index contributed by atoms with van der Waals surface area (Å²) < 4.78 is 6.26. The van der Waals surface area contributed by atoms with E-state index in [0.717, 1.165) is 41.9 Å². The highest BCUT2D eigenvalue weighted by atomic mass is 79.9. The van der Waals surface area contributed by atoms with Crippen LogP contribution in [0, 0.1) is 0 Å². The van der Waals surface area contributed by atoms with Crippen LogP contribution < -0.4 is 4.74 Å². The highest BCUT2D eigenvalue weighted by Crippen LogP contribution is 2.29. The molecule has 134 valence electrons. The molecule has 25 heavy (non-hydrogen) atoms. The van der Waals surface area contributed by atoms with Crippen LogP contribution in [0.15, 0.2) is 22.7 Å². The summed E-state index contributed by atoms with van der Waals surface area (Å²) in [7, 11) is 0. The molecule has 0 radical (unpaired) electrons. The number of hydrogen-bond acceptors (Lipinski definition) is 4. The first-order valence-electron chi connectivity index (χ1n) is 8.26. The number of rotatable bonds is 5. The Morgan fingerprint density at radius 1 is 1.12 bits per heavy atom. The Bertz CT molecular complexity index is 706. The number of carbonyl (C=O) groups is 3. The minimum Gasteiger partial charge on any atom is -0.491 e. The van der Waals surface area contributed by atoms with Gasteiger partial charge in [0.2, 0.25) is 0 Å². The van der Waals surface area contributed by atoms with Crippen molar-refractivity contribution in [3.05, 3.63) is 27.7 Å². The summed E-state index contributed by atoms with van der Waals surface area (Å²) in [6, 6.07) is 4.38. The highest BCUT2D eigenvalue weighted by Gasteiger charge is 2.47. The Hall–Kier alpha value is -1.60. The minimum atomic E-state index is -0.769. The number of benzene rings is 1. The topological polar surface area (TPSA) is 66.9 Å². The van der Waals surface area contributed by atoms with Gasteiger partial charge in [-0.25, -0.2) is 4.79 Å². The fourth-order valence-corrected chi connectivity index (χ4v) is 4.02. The van der Waals surface area contributed by atoms with Crippen molar-refractivity contribution in [3.63, 3.8) is 0 Å². The molecule has 2 aliphatic rings. The molecule has 0 spiro atoms. The summed E-state index contributed by atoms with van der Waals surface area (Å²) in [5.74, 6) is -0.933. The Morgan fingerprint density at radius 2 is 1.84 bits per heavy atom. The van der Waals surface area contributed by atoms with Crippen molar-refractivity contribution in [2.24, 2.45) is 0 Å². The van der Waals surface area contributed by atoms with Crippen LogP contribution in [0.4, 0.5) is 4.79 Å². The lowest BCUT2D eigenvalue weighted by Gasteiger charge is -2.28. The second-order valence-corrected chi connectivity index (χ2v) is 7.42. The van der Waals surface area contributed by atoms with Crippen LogP contribution in [0.5, 0.6) is 5.75 Å². The first-order valence-corrected chi connectivity index (χ1v) is 9.43. The molecule has 0 aromatic heterocycles. The second kappa shape index (κ2) is 7.74. The summed E-state index contributed by atoms with van der Waals surface area (Å²) in [5.41, 5.74) is 0. The number of hydrogen-bond donors (Lipinski definition) is 0. The molecule has 1 aliphatic carbocycles. The summed E-state index contributed by atoms with van der Waals surface area (Å²) in [6.07, 6.45) is 4.60. The van der Waals surface area contributed by atoms with Crippen molar-refractivity contribution < 1.29 is 19.1 Å². The molecule has 1 aromatic rings. The summed E-state index contributed by atoms with van der Waals surface area (Å²) in [5, 5.41) is 0.567. The fourth-order valence-electron chi connectivity index (χ4n) is 3.22. The molecule has 1 aromatic carbocycles. The maximum Gasteiger partial charge on any atom is 0.334 e. The lowest BCUT2D eigenvalue weighted by molar-refractivity contribution is -0.144. The van der Waals surface area contributed by atoms with Crippen LogP contribution in [0.1, 0.15) is 32.1 Å². The third-order valence-corrected chi connectivity index (χ3v) is 5.34. The third-order valence-electron chi connectivity index (χ3n) is 4.49. The Kier molecular flexibility index (Phi) is 5.64. The lowest BCUT2D eigenvalue weighted by Crippen LogP contribution is -2.42. The molecule has 1 saturated heterocycles. The predicted octanol–water partition coefficient (Wildman–Crippen LogP) is 3.60. The first kappa shape index (κ1) is 18.2. The Labute approximate surface area is 159 Å². The summed E-state index contributed by atoms with van der Waals surface area (Å²) >= 11 is 9.21. The quantitative estimate of drug-likeness (QED) is 0.530. The van der Waals surface area contributed by atoms with E-state index in [4.69, 9.17) is 16.3 Å². The van der Waals surface area contributed by atoms with Gasteiger partial charge >= 0.3 is 17.8 Å². The van der Waals surface area contributed by atoms with Crippen LogP contribution in [0.25, 0.3) is 0 Å². The predicted molar refractivity (Wildman–Crippen MR) is 95.5 cm³/mol. The van der Waals surface area contributed by atoms with Gasteiger partial charge in [-0.15, -0.1) is 0 Å². The lowest BCUT2D eigenvalue weighted by atomic mass is 9.94. The van der Waals surface area contributed by atoms with E-state index in [1.807, 2.05) is 0 Å². The monoisotopic (exact) mass is 428 g/mol. The number of halogens is 2. The van der Waals surface area contributed by atoms with Gasteiger partial charge in [-0.3, -0.25) is 19.4 Å². The Morgan fingerprint density at radius 3 is 2.52 bits per heavy atom. The van der Waals surface area contributed by atoms with Gasteiger partial charge in [0, 0.05) is 11.1 Å². The van der Waals surface area contributed by atoms with Crippen LogP contribution in [-0.2, 0) is 9.59 Å². The molecule has 4 amide bonds. The van der Waals surface area contributed by atoms with Crippen LogP contribution in [-0.4, -0.2) is 46.8 Å². The van der Waals surface area contributed by atoms with Gasteiger partial charge in [0.05, 0.1) is 11.0 Å². The van der Waals surface area contributed by atoms with E-state index < -0.39 is 17.8 Å². The van der Waals surface area contributed by atoms with E-state index >= 15 is 0 Å². The standard InChI is InChI=1S/C17H18BrClN2O4/c18-13-10-11(19)6-7-14(13)25-9-8-20-15(22)16(23)21(17(20)24)12-4-2-1-3-5-12/h6-7,10,12H,1-5,8-9H2. The van der Waals surface area contributed by atoms with E-state index in [0.29, 0.717) is 15.2 Å². The summed E-state index contributed by atoms with van der Waals surface area (Å²) in [6.45, 7) is 0.130. The molecule has 0 unspecified atom stereocenters. The van der Waals surface area contributed by atoms with Crippen molar-refractivity contribution in [2.75, 3.05) is 13.2 Å². The average Bonchev–Trinajstić information content (AvgIpc) is 2.81. The molecule has 6 nitrogen and oxygen atoms in total. The molecule has 0 N–H and O–H groups in total. The SMILES string of the molecule is O=C1C(=O)N(C2CCCCC2)C(=O)N1CCOc1ccc(Cl)cc1Br. The molecule has 1 heterocycles. The number of ether oxygens (including phenoxy) is 1. The van der Waals surface area contributed by atoms with E-state index in [1.165, 1.54) is 0 Å². The van der Waals surface area contributed by atoms with Crippen LogP contribution >= 0.6 is 27.5 Å². The van der Waals surface area contributed by atoms with Gasteiger partial charge in [0.15, 0.2) is 0 Å². The number of amides is 4. The van der Waals surface area contributed by atoms with Gasteiger partial charge in [-0.05, 0) is 47.0 Å². The van der Waals surface area contributed by atoms with Gasteiger partial charge in [-0.1, -0.05) is 30.9 Å². The number of imide groups is 2. The van der Waals surface area contributed by atoms with Crippen molar-refractivity contribution in [1.82, 2.24) is 9.80 Å². The molecule has 0 atom stereocenters.